The second-order valence-electron chi connectivity index (χ2n) is 8.93. The number of benzene rings is 2. The average molecular weight is 496 g/mol. The Balaban J connectivity index is 1.35. The number of carbonyl (C=O) groups excluding carboxylic acids is 4. The van der Waals surface area contributed by atoms with Crippen LogP contribution in [0.15, 0.2) is 36.4 Å². The van der Waals surface area contributed by atoms with Gasteiger partial charge in [-0.25, -0.2) is 18.9 Å². The lowest BCUT2D eigenvalue weighted by Crippen LogP contribution is -2.46. The van der Waals surface area contributed by atoms with Crippen LogP contribution in [0.4, 0.5) is 19.7 Å². The molecule has 188 valence electrons. The molecular weight excluding hydrogens is 471 g/mol. The normalized spacial score (nSPS) is 20.7. The molecule has 3 aliphatic rings. The number of nitrogens with zero attached hydrogens (tertiary/aromatic N) is 2. The number of urea groups is 1. The lowest BCUT2D eigenvalue weighted by molar-refractivity contribution is -0.143. The number of carbonyl (C=O) groups is 4. The molecule has 11 heteroatoms. The Bertz CT molecular complexity index is 1270. The van der Waals surface area contributed by atoms with E-state index in [0.717, 1.165) is 10.5 Å². The quantitative estimate of drug-likeness (QED) is 0.675. The SMILES string of the molecule is CNC(=O)Nc1ccc2c(c1)CCCC21OC(=O)N(CC(=O)N2CCOc3ccc(F)cc3C2)C1=O. The molecule has 2 N–H and O–H groups in total. The van der Waals surface area contributed by atoms with Gasteiger partial charge in [-0.2, -0.15) is 0 Å². The zero-order valence-electron chi connectivity index (χ0n) is 19.6. The first-order valence-corrected chi connectivity index (χ1v) is 11.7. The van der Waals surface area contributed by atoms with E-state index in [-0.39, 0.29) is 25.7 Å². The van der Waals surface area contributed by atoms with Crippen molar-refractivity contribution in [2.24, 2.45) is 0 Å². The molecule has 1 fully saturated rings. The number of nitrogens with one attached hydrogen (secondary N) is 2. The van der Waals surface area contributed by atoms with E-state index in [9.17, 15) is 23.6 Å². The topological polar surface area (TPSA) is 117 Å². The van der Waals surface area contributed by atoms with Crippen LogP contribution in [0, 0.1) is 5.82 Å². The van der Waals surface area contributed by atoms with E-state index >= 15 is 0 Å². The van der Waals surface area contributed by atoms with Crippen LogP contribution < -0.4 is 15.4 Å². The number of aryl methyl sites for hydroxylation is 1. The second kappa shape index (κ2) is 9.14. The van der Waals surface area contributed by atoms with Crippen molar-refractivity contribution in [1.29, 1.82) is 0 Å². The van der Waals surface area contributed by atoms with Gasteiger partial charge in [0.2, 0.25) is 11.5 Å². The van der Waals surface area contributed by atoms with E-state index in [1.165, 1.54) is 30.1 Å². The molecule has 0 bridgehead atoms. The third kappa shape index (κ3) is 4.10. The summed E-state index contributed by atoms with van der Waals surface area (Å²) >= 11 is 0. The van der Waals surface area contributed by atoms with Crippen molar-refractivity contribution in [2.45, 2.75) is 31.4 Å². The molecule has 5 rings (SSSR count). The molecule has 1 spiro atoms. The highest BCUT2D eigenvalue weighted by atomic mass is 19.1. The van der Waals surface area contributed by atoms with E-state index < -0.39 is 35.9 Å². The van der Waals surface area contributed by atoms with Gasteiger partial charge in [0.15, 0.2) is 0 Å². The fraction of sp³-hybridized carbons (Fsp3) is 0.360. The van der Waals surface area contributed by atoms with Crippen molar-refractivity contribution in [3.8, 4) is 5.75 Å². The van der Waals surface area contributed by atoms with Crippen molar-refractivity contribution < 1.29 is 33.0 Å². The van der Waals surface area contributed by atoms with Crippen molar-refractivity contribution in [2.75, 3.05) is 32.1 Å². The standard InChI is InChI=1S/C25H25FN4O6/c1-27-23(33)28-18-5-6-19-15(12-18)3-2-8-25(19)22(32)30(24(34)36-25)14-21(31)29-9-10-35-20-7-4-17(26)11-16(20)13-29/h4-7,11-12H,2-3,8-10,13-14H2,1H3,(H2,27,28,33). The van der Waals surface area contributed by atoms with E-state index in [0.29, 0.717) is 41.8 Å². The third-order valence-corrected chi connectivity index (χ3v) is 6.72. The van der Waals surface area contributed by atoms with E-state index in [4.69, 9.17) is 9.47 Å². The Labute approximate surface area is 206 Å². The Hall–Kier alpha value is -4.15. The summed E-state index contributed by atoms with van der Waals surface area (Å²) in [6.07, 6.45) is 0.643. The summed E-state index contributed by atoms with van der Waals surface area (Å²) in [5.74, 6) is -1.02. The van der Waals surface area contributed by atoms with Gasteiger partial charge in [0, 0.05) is 36.8 Å². The largest absolute Gasteiger partial charge is 0.491 e. The van der Waals surface area contributed by atoms with E-state index in [1.807, 2.05) is 0 Å². The van der Waals surface area contributed by atoms with Crippen LogP contribution in [0.25, 0.3) is 0 Å². The Morgan fingerprint density at radius 3 is 2.78 bits per heavy atom. The number of hydrogen-bond acceptors (Lipinski definition) is 6. The molecule has 10 nitrogen and oxygen atoms in total. The van der Waals surface area contributed by atoms with Gasteiger partial charge in [0.1, 0.15) is 24.7 Å². The molecule has 0 aromatic heterocycles. The Morgan fingerprint density at radius 1 is 1.14 bits per heavy atom. The van der Waals surface area contributed by atoms with Crippen LogP contribution in [0.2, 0.25) is 0 Å². The first-order valence-electron chi connectivity index (χ1n) is 11.7. The number of amides is 5. The fourth-order valence-electron chi connectivity index (χ4n) is 4.95. The number of hydrogen-bond donors (Lipinski definition) is 2. The molecule has 1 aliphatic carbocycles. The summed E-state index contributed by atoms with van der Waals surface area (Å²) in [5.41, 5.74) is 0.891. The number of anilines is 1. The summed E-state index contributed by atoms with van der Waals surface area (Å²) in [5, 5.41) is 5.17. The van der Waals surface area contributed by atoms with Gasteiger partial charge in [0.25, 0.3) is 5.91 Å². The summed E-state index contributed by atoms with van der Waals surface area (Å²) in [6, 6.07) is 8.80. The zero-order valence-corrected chi connectivity index (χ0v) is 19.6. The minimum absolute atomic E-state index is 0.0953. The molecule has 2 aliphatic heterocycles. The molecule has 2 aromatic rings. The molecule has 1 saturated heterocycles. The molecule has 1 unspecified atom stereocenters. The van der Waals surface area contributed by atoms with Crippen LogP contribution in [0.5, 0.6) is 5.75 Å². The summed E-state index contributed by atoms with van der Waals surface area (Å²) in [6.45, 7) is 0.0294. The van der Waals surface area contributed by atoms with Crippen LogP contribution in [-0.4, -0.2) is 60.5 Å². The Kier molecular flexibility index (Phi) is 5.99. The van der Waals surface area contributed by atoms with E-state index in [2.05, 4.69) is 10.6 Å². The van der Waals surface area contributed by atoms with Crippen LogP contribution in [-0.2, 0) is 32.9 Å². The lowest BCUT2D eigenvalue weighted by atomic mass is 9.78. The number of ether oxygens (including phenoxy) is 2. The maximum absolute atomic E-state index is 13.7. The number of imide groups is 1. The molecule has 0 radical (unpaired) electrons. The van der Waals surface area contributed by atoms with Crippen LogP contribution in [0.1, 0.15) is 29.5 Å². The molecule has 5 amide bonds. The van der Waals surface area contributed by atoms with Gasteiger partial charge in [0.05, 0.1) is 6.54 Å². The Morgan fingerprint density at radius 2 is 1.97 bits per heavy atom. The molecule has 36 heavy (non-hydrogen) atoms. The van der Waals surface area contributed by atoms with Crippen molar-refractivity contribution in [3.63, 3.8) is 0 Å². The lowest BCUT2D eigenvalue weighted by Gasteiger charge is -2.32. The minimum Gasteiger partial charge on any atom is -0.491 e. The van der Waals surface area contributed by atoms with Crippen LogP contribution >= 0.6 is 0 Å². The predicted molar refractivity (Wildman–Crippen MR) is 125 cm³/mol. The minimum atomic E-state index is -1.51. The van der Waals surface area contributed by atoms with Crippen molar-refractivity contribution in [1.82, 2.24) is 15.1 Å². The van der Waals surface area contributed by atoms with Crippen LogP contribution in [0.3, 0.4) is 0 Å². The molecule has 0 saturated carbocycles. The third-order valence-electron chi connectivity index (χ3n) is 6.72. The van der Waals surface area contributed by atoms with E-state index in [1.54, 1.807) is 18.2 Å². The number of rotatable bonds is 3. The maximum atomic E-state index is 13.7. The highest BCUT2D eigenvalue weighted by Gasteiger charge is 2.57. The predicted octanol–water partition coefficient (Wildman–Crippen LogP) is 2.51. The van der Waals surface area contributed by atoms with Crippen molar-refractivity contribution >= 4 is 29.6 Å². The fourth-order valence-corrected chi connectivity index (χ4v) is 4.95. The summed E-state index contributed by atoms with van der Waals surface area (Å²) in [4.78, 5) is 53.4. The first kappa shape index (κ1) is 23.6. The zero-order chi connectivity index (χ0) is 25.4. The second-order valence-corrected chi connectivity index (χ2v) is 8.93. The molecule has 1 atom stereocenters. The summed E-state index contributed by atoms with van der Waals surface area (Å²) < 4.78 is 25.0. The van der Waals surface area contributed by atoms with Crippen molar-refractivity contribution in [3.05, 3.63) is 58.9 Å². The van der Waals surface area contributed by atoms with Gasteiger partial charge in [-0.1, -0.05) is 6.07 Å². The first-order chi connectivity index (χ1) is 17.3. The van der Waals surface area contributed by atoms with Gasteiger partial charge >= 0.3 is 12.1 Å². The average Bonchev–Trinajstić information content (AvgIpc) is 3.00. The number of halogens is 1. The molecular formula is C25H25FN4O6. The van der Waals surface area contributed by atoms with Gasteiger partial charge < -0.3 is 25.0 Å². The molecule has 2 heterocycles. The number of fused-ring (bicyclic) bond motifs is 3. The van der Waals surface area contributed by atoms with Gasteiger partial charge in [-0.15, -0.1) is 0 Å². The maximum Gasteiger partial charge on any atom is 0.418 e. The molecule has 2 aromatic carbocycles. The smallest absolute Gasteiger partial charge is 0.418 e. The monoisotopic (exact) mass is 496 g/mol. The van der Waals surface area contributed by atoms with Gasteiger partial charge in [-0.3, -0.25) is 9.59 Å². The highest BCUT2D eigenvalue weighted by Crippen LogP contribution is 2.44. The summed E-state index contributed by atoms with van der Waals surface area (Å²) in [7, 11) is 1.50. The van der Waals surface area contributed by atoms with Gasteiger partial charge in [-0.05, 0) is 48.7 Å². The highest BCUT2D eigenvalue weighted by molar-refractivity contribution is 6.06.